The highest BCUT2D eigenvalue weighted by Crippen LogP contribution is 2.19. The monoisotopic (exact) mass is 380 g/mol. The maximum absolute atomic E-state index is 12.7. The molecular weight excluding hydrogens is 356 g/mol. The van der Waals surface area contributed by atoms with E-state index in [4.69, 9.17) is 9.15 Å². The summed E-state index contributed by atoms with van der Waals surface area (Å²) in [6.07, 6.45) is 1.84. The van der Waals surface area contributed by atoms with E-state index in [1.807, 2.05) is 35.2 Å². The summed E-state index contributed by atoms with van der Waals surface area (Å²) in [7, 11) is 0. The summed E-state index contributed by atoms with van der Waals surface area (Å²) in [4.78, 5) is 26.5. The molecule has 1 aliphatic rings. The molecule has 4 rings (SSSR count). The van der Waals surface area contributed by atoms with E-state index in [0.717, 1.165) is 12.8 Å². The summed E-state index contributed by atoms with van der Waals surface area (Å²) < 4.78 is 12.5. The van der Waals surface area contributed by atoms with Crippen LogP contribution in [0.2, 0.25) is 0 Å². The fourth-order valence-electron chi connectivity index (χ4n) is 3.67. The third kappa shape index (κ3) is 4.17. The Balaban J connectivity index is 1.27. The Morgan fingerprint density at radius 3 is 2.54 bits per heavy atom. The molecule has 1 amide bonds. The van der Waals surface area contributed by atoms with Gasteiger partial charge in [-0.2, -0.15) is 0 Å². The number of hydrogen-bond donors (Lipinski definition) is 0. The number of carbonyl (C=O) groups is 1. The van der Waals surface area contributed by atoms with E-state index in [1.165, 1.54) is 10.1 Å². The van der Waals surface area contributed by atoms with Crippen molar-refractivity contribution in [2.45, 2.75) is 26.0 Å². The number of hydrogen-bond acceptors (Lipinski definition) is 4. The van der Waals surface area contributed by atoms with E-state index in [0.29, 0.717) is 43.3 Å². The lowest BCUT2D eigenvalue weighted by Gasteiger charge is -2.32. The molecule has 1 fully saturated rings. The number of benzene rings is 2. The highest BCUT2D eigenvalue weighted by Gasteiger charge is 2.24. The average molecular weight is 380 g/mol. The lowest BCUT2D eigenvalue weighted by molar-refractivity contribution is -0.133. The zero-order valence-electron chi connectivity index (χ0n) is 15.8. The molecule has 0 saturated carbocycles. The number of fused-ring (bicyclic) bond motifs is 1. The third-order valence-electron chi connectivity index (χ3n) is 5.30. The summed E-state index contributed by atoms with van der Waals surface area (Å²) in [5, 5.41) is 0. The third-order valence-corrected chi connectivity index (χ3v) is 5.30. The van der Waals surface area contributed by atoms with Gasteiger partial charge < -0.3 is 14.1 Å². The molecule has 0 bridgehead atoms. The minimum Gasteiger partial charge on any atom is -0.408 e. The second-order valence-corrected chi connectivity index (χ2v) is 7.25. The number of nitrogens with zero attached hydrogens (tertiary/aromatic N) is 2. The zero-order chi connectivity index (χ0) is 19.3. The van der Waals surface area contributed by atoms with Gasteiger partial charge in [-0.15, -0.1) is 0 Å². The van der Waals surface area contributed by atoms with Gasteiger partial charge in [0, 0.05) is 19.7 Å². The van der Waals surface area contributed by atoms with Crippen LogP contribution in [0.25, 0.3) is 11.1 Å². The van der Waals surface area contributed by atoms with Crippen molar-refractivity contribution < 1.29 is 13.9 Å². The molecular formula is C22H24N2O4. The Morgan fingerprint density at radius 2 is 1.75 bits per heavy atom. The number of para-hydroxylation sites is 2. The normalized spacial score (nSPS) is 15.2. The molecule has 2 heterocycles. The molecule has 3 aromatic rings. The van der Waals surface area contributed by atoms with Crippen molar-refractivity contribution in [2.75, 3.05) is 19.7 Å². The quantitative estimate of drug-likeness (QED) is 0.659. The van der Waals surface area contributed by atoms with Gasteiger partial charge in [-0.25, -0.2) is 4.79 Å². The van der Waals surface area contributed by atoms with Crippen LogP contribution in [0, 0.1) is 5.92 Å². The van der Waals surface area contributed by atoms with Crippen LogP contribution < -0.4 is 5.76 Å². The highest BCUT2D eigenvalue weighted by molar-refractivity contribution is 5.79. The number of amides is 1. The van der Waals surface area contributed by atoms with Crippen molar-refractivity contribution in [3.63, 3.8) is 0 Å². The molecule has 0 N–H and O–H groups in total. The molecule has 2 aromatic carbocycles. The minimum absolute atomic E-state index is 0.0189. The van der Waals surface area contributed by atoms with Gasteiger partial charge in [0.15, 0.2) is 5.58 Å². The van der Waals surface area contributed by atoms with E-state index < -0.39 is 5.76 Å². The first-order valence-corrected chi connectivity index (χ1v) is 9.68. The SMILES string of the molecule is O=C(Cn1c(=O)oc2ccccc21)N1CCC(COCc2ccccc2)CC1. The first-order valence-electron chi connectivity index (χ1n) is 9.68. The largest absolute Gasteiger partial charge is 0.420 e. The van der Waals surface area contributed by atoms with Crippen molar-refractivity contribution in [1.82, 2.24) is 9.47 Å². The summed E-state index contributed by atoms with van der Waals surface area (Å²) >= 11 is 0. The minimum atomic E-state index is -0.487. The molecule has 146 valence electrons. The molecule has 0 radical (unpaired) electrons. The van der Waals surface area contributed by atoms with Gasteiger partial charge in [-0.05, 0) is 36.5 Å². The Bertz CT molecular complexity index is 984. The van der Waals surface area contributed by atoms with Gasteiger partial charge in [0.1, 0.15) is 6.54 Å². The number of piperidine rings is 1. The van der Waals surface area contributed by atoms with E-state index >= 15 is 0 Å². The molecule has 0 spiro atoms. The van der Waals surface area contributed by atoms with Crippen LogP contribution in [0.5, 0.6) is 0 Å². The van der Waals surface area contributed by atoms with Crippen LogP contribution in [0.15, 0.2) is 63.8 Å². The van der Waals surface area contributed by atoms with Crippen LogP contribution in [0.3, 0.4) is 0 Å². The van der Waals surface area contributed by atoms with E-state index in [-0.39, 0.29) is 12.5 Å². The molecule has 0 aliphatic carbocycles. The topological polar surface area (TPSA) is 64.7 Å². The summed E-state index contributed by atoms with van der Waals surface area (Å²) in [5.74, 6) is -0.0682. The van der Waals surface area contributed by atoms with Crippen molar-refractivity contribution in [2.24, 2.45) is 5.92 Å². The fourth-order valence-corrected chi connectivity index (χ4v) is 3.67. The van der Waals surface area contributed by atoms with Crippen LogP contribution in [-0.4, -0.2) is 35.1 Å². The van der Waals surface area contributed by atoms with Gasteiger partial charge in [0.05, 0.1) is 12.1 Å². The molecule has 6 heteroatoms. The van der Waals surface area contributed by atoms with E-state index in [9.17, 15) is 9.59 Å². The molecule has 1 aliphatic heterocycles. The molecule has 28 heavy (non-hydrogen) atoms. The Morgan fingerprint density at radius 1 is 1.04 bits per heavy atom. The Kier molecular flexibility index (Phi) is 5.58. The van der Waals surface area contributed by atoms with E-state index in [2.05, 4.69) is 12.1 Å². The fraction of sp³-hybridized carbons (Fsp3) is 0.364. The highest BCUT2D eigenvalue weighted by atomic mass is 16.5. The first kappa shape index (κ1) is 18.5. The molecule has 6 nitrogen and oxygen atoms in total. The average Bonchev–Trinajstić information content (AvgIpc) is 3.04. The second kappa shape index (κ2) is 8.44. The van der Waals surface area contributed by atoms with Gasteiger partial charge in [0.25, 0.3) is 0 Å². The first-order chi connectivity index (χ1) is 13.7. The van der Waals surface area contributed by atoms with Gasteiger partial charge in [0.2, 0.25) is 5.91 Å². The number of rotatable bonds is 6. The predicted octanol–water partition coefficient (Wildman–Crippen LogP) is 3.05. The predicted molar refractivity (Wildman–Crippen MR) is 106 cm³/mol. The van der Waals surface area contributed by atoms with Crippen LogP contribution >= 0.6 is 0 Å². The maximum Gasteiger partial charge on any atom is 0.420 e. The van der Waals surface area contributed by atoms with Crippen LogP contribution in [-0.2, 0) is 22.7 Å². The van der Waals surface area contributed by atoms with Gasteiger partial charge >= 0.3 is 5.76 Å². The van der Waals surface area contributed by atoms with Crippen LogP contribution in [0.4, 0.5) is 0 Å². The van der Waals surface area contributed by atoms with Crippen LogP contribution in [0.1, 0.15) is 18.4 Å². The maximum atomic E-state index is 12.7. The number of oxazole rings is 1. The number of carbonyl (C=O) groups excluding carboxylic acids is 1. The number of likely N-dealkylation sites (tertiary alicyclic amines) is 1. The van der Waals surface area contributed by atoms with Gasteiger partial charge in [-0.1, -0.05) is 42.5 Å². The summed E-state index contributed by atoms with van der Waals surface area (Å²) in [5.41, 5.74) is 2.34. The summed E-state index contributed by atoms with van der Waals surface area (Å²) in [6.45, 7) is 2.75. The zero-order valence-corrected chi connectivity index (χ0v) is 15.8. The van der Waals surface area contributed by atoms with Gasteiger partial charge in [-0.3, -0.25) is 9.36 Å². The van der Waals surface area contributed by atoms with E-state index in [1.54, 1.807) is 12.1 Å². The Labute approximate surface area is 163 Å². The summed E-state index contributed by atoms with van der Waals surface area (Å²) in [6, 6.07) is 17.3. The molecule has 1 saturated heterocycles. The van der Waals surface area contributed by atoms with Crippen molar-refractivity contribution in [3.05, 3.63) is 70.7 Å². The van der Waals surface area contributed by atoms with Crippen molar-refractivity contribution in [3.8, 4) is 0 Å². The lowest BCUT2D eigenvalue weighted by atomic mass is 9.98. The molecule has 0 atom stereocenters. The standard InChI is InChI=1S/C22H24N2O4/c25-21(14-24-19-8-4-5-9-20(19)28-22(24)26)23-12-10-18(11-13-23)16-27-15-17-6-2-1-3-7-17/h1-9,18H,10-16H2. The lowest BCUT2D eigenvalue weighted by Crippen LogP contribution is -2.41. The van der Waals surface area contributed by atoms with Crippen molar-refractivity contribution in [1.29, 1.82) is 0 Å². The molecule has 1 aromatic heterocycles. The second-order valence-electron chi connectivity index (χ2n) is 7.25. The smallest absolute Gasteiger partial charge is 0.408 e. The molecule has 0 unspecified atom stereocenters. The number of ether oxygens (including phenoxy) is 1. The number of aromatic nitrogens is 1. The van der Waals surface area contributed by atoms with Crippen molar-refractivity contribution >= 4 is 17.0 Å². The Hall–Kier alpha value is -2.86.